The largest absolute Gasteiger partial charge is 0.461 e. The van der Waals surface area contributed by atoms with Crippen molar-refractivity contribution in [2.75, 3.05) is 5.32 Å². The molecule has 26 heavy (non-hydrogen) atoms. The Bertz CT molecular complexity index is 786. The molecule has 1 aliphatic heterocycles. The van der Waals surface area contributed by atoms with Gasteiger partial charge in [0.2, 0.25) is 5.91 Å². The van der Waals surface area contributed by atoms with Gasteiger partial charge in [0.15, 0.2) is 5.13 Å². The standard InChI is InChI=1S/C20H26N2O3S/c1-9-12-6-7-20(3)8-13-15(10(2)14(20)16(12)25-18(9)24)21-19(26-13)22-17(23)11-4-5-11/h9-12,14,16H,4-8H2,1-3H3,(H,21,22,23)/t9-,10+,12-,14+,16+,20+/m0/s1. The highest BCUT2D eigenvalue weighted by molar-refractivity contribution is 7.15. The highest BCUT2D eigenvalue weighted by Crippen LogP contribution is 2.59. The van der Waals surface area contributed by atoms with Crippen molar-refractivity contribution < 1.29 is 14.3 Å². The van der Waals surface area contributed by atoms with E-state index < -0.39 is 0 Å². The molecule has 6 atom stereocenters. The molecule has 4 aliphatic rings. The average molecular weight is 375 g/mol. The van der Waals surface area contributed by atoms with Crippen molar-refractivity contribution in [1.82, 2.24) is 4.98 Å². The molecule has 2 heterocycles. The minimum absolute atomic E-state index is 0.0157. The third kappa shape index (κ3) is 2.37. The zero-order chi connectivity index (χ0) is 18.2. The van der Waals surface area contributed by atoms with Gasteiger partial charge in [-0.15, -0.1) is 11.3 Å². The number of carbonyl (C=O) groups is 2. The number of anilines is 1. The average Bonchev–Trinajstić information content (AvgIpc) is 3.30. The van der Waals surface area contributed by atoms with Crippen molar-refractivity contribution in [3.8, 4) is 0 Å². The fourth-order valence-corrected chi connectivity index (χ4v) is 6.95. The number of hydrogen-bond donors (Lipinski definition) is 1. The molecule has 2 saturated carbocycles. The number of rotatable bonds is 2. The third-order valence-corrected chi connectivity index (χ3v) is 8.32. The SMILES string of the molecule is C[C@@H]1C(=O)O[C@@H]2[C@H]1CC[C@]1(C)Cc3sc(NC(=O)C4CC4)nc3[C@H](C)[C@H]21. The van der Waals surface area contributed by atoms with Crippen LogP contribution in [0, 0.1) is 29.1 Å². The zero-order valence-electron chi connectivity index (χ0n) is 15.6. The van der Waals surface area contributed by atoms with E-state index >= 15 is 0 Å². The van der Waals surface area contributed by atoms with Crippen molar-refractivity contribution in [2.45, 2.75) is 64.9 Å². The van der Waals surface area contributed by atoms with Crippen molar-refractivity contribution in [3.05, 3.63) is 10.6 Å². The summed E-state index contributed by atoms with van der Waals surface area (Å²) in [5.74, 6) is 1.20. The van der Waals surface area contributed by atoms with Gasteiger partial charge < -0.3 is 10.1 Å². The second kappa shape index (κ2) is 5.54. The Balaban J connectivity index is 1.46. The molecule has 0 spiro atoms. The second-order valence-electron chi connectivity index (χ2n) is 9.13. The van der Waals surface area contributed by atoms with E-state index in [1.165, 1.54) is 4.88 Å². The molecule has 3 fully saturated rings. The minimum Gasteiger partial charge on any atom is -0.461 e. The Labute approximate surface area is 157 Å². The summed E-state index contributed by atoms with van der Waals surface area (Å²) in [6.07, 6.45) is 5.19. The lowest BCUT2D eigenvalue weighted by molar-refractivity contribution is -0.149. The monoisotopic (exact) mass is 374 g/mol. The molecule has 1 aromatic heterocycles. The predicted octanol–water partition coefficient (Wildman–Crippen LogP) is 3.75. The first-order valence-electron chi connectivity index (χ1n) is 9.88. The fourth-order valence-electron chi connectivity index (χ4n) is 5.69. The van der Waals surface area contributed by atoms with Gasteiger partial charge in [0.1, 0.15) is 6.10 Å². The summed E-state index contributed by atoms with van der Waals surface area (Å²) in [5, 5.41) is 3.76. The quantitative estimate of drug-likeness (QED) is 0.801. The number of esters is 1. The molecule has 5 rings (SSSR count). The Morgan fingerprint density at radius 3 is 2.77 bits per heavy atom. The summed E-state index contributed by atoms with van der Waals surface area (Å²) in [6, 6.07) is 0. The van der Waals surface area contributed by atoms with E-state index in [1.807, 2.05) is 6.92 Å². The van der Waals surface area contributed by atoms with Gasteiger partial charge in [0, 0.05) is 28.5 Å². The van der Waals surface area contributed by atoms with E-state index in [1.54, 1.807) is 11.3 Å². The van der Waals surface area contributed by atoms with Crippen LogP contribution in [0.5, 0.6) is 0 Å². The highest BCUT2D eigenvalue weighted by Gasteiger charge is 2.58. The summed E-state index contributed by atoms with van der Waals surface area (Å²) in [6.45, 7) is 6.60. The highest BCUT2D eigenvalue weighted by atomic mass is 32.1. The Hall–Kier alpha value is -1.43. The van der Waals surface area contributed by atoms with Crippen molar-refractivity contribution in [3.63, 3.8) is 0 Å². The van der Waals surface area contributed by atoms with E-state index in [9.17, 15) is 9.59 Å². The number of aromatic nitrogens is 1. The molecule has 1 aromatic rings. The van der Waals surface area contributed by atoms with E-state index in [4.69, 9.17) is 9.72 Å². The van der Waals surface area contributed by atoms with E-state index in [2.05, 4.69) is 19.2 Å². The summed E-state index contributed by atoms with van der Waals surface area (Å²) in [7, 11) is 0. The molecule has 0 radical (unpaired) electrons. The Kier molecular flexibility index (Phi) is 3.56. The number of nitrogens with one attached hydrogen (secondary N) is 1. The van der Waals surface area contributed by atoms with Crippen LogP contribution in [0.2, 0.25) is 0 Å². The van der Waals surface area contributed by atoms with Gasteiger partial charge >= 0.3 is 5.97 Å². The van der Waals surface area contributed by atoms with E-state index in [-0.39, 0.29) is 41.1 Å². The molecule has 3 aliphatic carbocycles. The molecule has 140 valence electrons. The first-order valence-corrected chi connectivity index (χ1v) is 10.7. The first-order chi connectivity index (χ1) is 12.4. The van der Waals surface area contributed by atoms with Gasteiger partial charge in [-0.05, 0) is 37.5 Å². The van der Waals surface area contributed by atoms with Gasteiger partial charge in [-0.3, -0.25) is 9.59 Å². The van der Waals surface area contributed by atoms with Gasteiger partial charge in [-0.1, -0.05) is 20.8 Å². The Morgan fingerprint density at radius 1 is 1.27 bits per heavy atom. The zero-order valence-corrected chi connectivity index (χ0v) is 16.4. The van der Waals surface area contributed by atoms with Crippen LogP contribution in [0.3, 0.4) is 0 Å². The fraction of sp³-hybridized carbons (Fsp3) is 0.750. The number of fused-ring (bicyclic) bond motifs is 4. The summed E-state index contributed by atoms with van der Waals surface area (Å²) < 4.78 is 5.88. The summed E-state index contributed by atoms with van der Waals surface area (Å²) in [4.78, 5) is 30.4. The molecule has 0 unspecified atom stereocenters. The molecule has 0 aromatic carbocycles. The number of ether oxygens (including phenoxy) is 1. The van der Waals surface area contributed by atoms with Crippen LogP contribution in [0.25, 0.3) is 0 Å². The maximum absolute atomic E-state index is 12.2. The number of carbonyl (C=O) groups excluding carboxylic acids is 2. The minimum atomic E-state index is -0.0297. The second-order valence-corrected chi connectivity index (χ2v) is 10.2. The molecule has 5 nitrogen and oxygen atoms in total. The molecular weight excluding hydrogens is 348 g/mol. The van der Waals surface area contributed by atoms with E-state index in [0.29, 0.717) is 11.8 Å². The molecule has 1 N–H and O–H groups in total. The van der Waals surface area contributed by atoms with Gasteiger partial charge in [0.05, 0.1) is 11.6 Å². The van der Waals surface area contributed by atoms with Crippen molar-refractivity contribution in [2.24, 2.45) is 29.1 Å². The number of nitrogens with zero attached hydrogens (tertiary/aromatic N) is 1. The summed E-state index contributed by atoms with van der Waals surface area (Å²) in [5.41, 5.74) is 1.25. The van der Waals surface area contributed by atoms with Crippen LogP contribution in [0.15, 0.2) is 0 Å². The lowest BCUT2D eigenvalue weighted by Gasteiger charge is -2.51. The maximum atomic E-state index is 12.2. The van der Waals surface area contributed by atoms with Gasteiger partial charge in [0.25, 0.3) is 0 Å². The first kappa shape index (κ1) is 16.7. The molecule has 1 amide bonds. The number of amides is 1. The normalized spacial score (nSPS) is 41.0. The van der Waals surface area contributed by atoms with Gasteiger partial charge in [-0.2, -0.15) is 0 Å². The maximum Gasteiger partial charge on any atom is 0.309 e. The Morgan fingerprint density at radius 2 is 2.04 bits per heavy atom. The number of hydrogen-bond acceptors (Lipinski definition) is 5. The summed E-state index contributed by atoms with van der Waals surface area (Å²) >= 11 is 1.64. The molecular formula is C20H26N2O3S. The van der Waals surface area contributed by atoms with Crippen molar-refractivity contribution >= 4 is 28.3 Å². The van der Waals surface area contributed by atoms with Crippen molar-refractivity contribution in [1.29, 1.82) is 0 Å². The molecule has 1 saturated heterocycles. The molecule has 0 bridgehead atoms. The lowest BCUT2D eigenvalue weighted by Crippen LogP contribution is -2.50. The topological polar surface area (TPSA) is 68.3 Å². The smallest absolute Gasteiger partial charge is 0.309 e. The van der Waals surface area contributed by atoms with Crippen LogP contribution in [-0.4, -0.2) is 23.0 Å². The predicted molar refractivity (Wildman–Crippen MR) is 99.0 cm³/mol. The molecule has 6 heteroatoms. The van der Waals surface area contributed by atoms with E-state index in [0.717, 1.165) is 42.9 Å². The van der Waals surface area contributed by atoms with Crippen LogP contribution < -0.4 is 5.32 Å². The van der Waals surface area contributed by atoms with Crippen LogP contribution in [-0.2, 0) is 20.7 Å². The van der Waals surface area contributed by atoms with Crippen LogP contribution in [0.1, 0.15) is 62.9 Å². The van der Waals surface area contributed by atoms with Gasteiger partial charge in [-0.25, -0.2) is 4.98 Å². The lowest BCUT2D eigenvalue weighted by atomic mass is 9.54. The van der Waals surface area contributed by atoms with Crippen LogP contribution in [0.4, 0.5) is 5.13 Å². The third-order valence-electron chi connectivity index (χ3n) is 7.34. The van der Waals surface area contributed by atoms with Crippen LogP contribution >= 0.6 is 11.3 Å². The number of thiazole rings is 1.